The second kappa shape index (κ2) is 5.84. The second-order valence-corrected chi connectivity index (χ2v) is 4.84. The summed E-state index contributed by atoms with van der Waals surface area (Å²) in [5, 5.41) is 5.71. The average molecular weight is 236 g/mol. The van der Waals surface area contributed by atoms with Crippen molar-refractivity contribution < 1.29 is 9.59 Å². The van der Waals surface area contributed by atoms with Crippen molar-refractivity contribution in [3.05, 3.63) is 12.2 Å². The monoisotopic (exact) mass is 236 g/mol. The first-order valence-electron chi connectivity index (χ1n) is 6.48. The molecule has 0 aromatic heterocycles. The van der Waals surface area contributed by atoms with E-state index in [1.807, 2.05) is 0 Å². The van der Waals surface area contributed by atoms with Crippen LogP contribution in [0.1, 0.15) is 32.1 Å². The van der Waals surface area contributed by atoms with Gasteiger partial charge in [0.15, 0.2) is 0 Å². The van der Waals surface area contributed by atoms with Crippen LogP contribution in [0.2, 0.25) is 0 Å². The highest BCUT2D eigenvalue weighted by Crippen LogP contribution is 2.28. The number of allylic oxidation sites excluding steroid dienone is 2. The third-order valence-corrected chi connectivity index (χ3v) is 3.31. The first-order valence-corrected chi connectivity index (χ1v) is 6.48. The molecule has 4 nitrogen and oxygen atoms in total. The SMILES string of the molecule is O=C(NCCNC(=O)C1CC1)C1CC=CCC1. The van der Waals surface area contributed by atoms with Crippen LogP contribution in [-0.4, -0.2) is 24.9 Å². The summed E-state index contributed by atoms with van der Waals surface area (Å²) in [7, 11) is 0. The number of rotatable bonds is 5. The zero-order chi connectivity index (χ0) is 12.1. The van der Waals surface area contributed by atoms with Crippen molar-refractivity contribution in [1.29, 1.82) is 0 Å². The molecular formula is C13H20N2O2. The lowest BCUT2D eigenvalue weighted by Gasteiger charge is -2.17. The van der Waals surface area contributed by atoms with Gasteiger partial charge in [0.05, 0.1) is 0 Å². The van der Waals surface area contributed by atoms with E-state index in [1.54, 1.807) is 0 Å². The van der Waals surface area contributed by atoms with E-state index in [0.717, 1.165) is 32.1 Å². The highest BCUT2D eigenvalue weighted by Gasteiger charge is 2.29. The van der Waals surface area contributed by atoms with Gasteiger partial charge in [-0.3, -0.25) is 9.59 Å². The minimum absolute atomic E-state index is 0.120. The minimum atomic E-state index is 0.120. The van der Waals surface area contributed by atoms with Crippen LogP contribution in [-0.2, 0) is 9.59 Å². The molecule has 2 rings (SSSR count). The lowest BCUT2D eigenvalue weighted by molar-refractivity contribution is -0.126. The van der Waals surface area contributed by atoms with E-state index < -0.39 is 0 Å². The van der Waals surface area contributed by atoms with Crippen molar-refractivity contribution in [3.8, 4) is 0 Å². The van der Waals surface area contributed by atoms with E-state index in [1.165, 1.54) is 0 Å². The van der Waals surface area contributed by atoms with Crippen molar-refractivity contribution in [1.82, 2.24) is 10.6 Å². The summed E-state index contributed by atoms with van der Waals surface area (Å²) in [5.74, 6) is 0.628. The fourth-order valence-corrected chi connectivity index (χ4v) is 2.04. The Morgan fingerprint density at radius 3 is 2.12 bits per heavy atom. The van der Waals surface area contributed by atoms with Crippen LogP contribution in [0, 0.1) is 11.8 Å². The van der Waals surface area contributed by atoms with Crippen molar-refractivity contribution >= 4 is 11.8 Å². The Morgan fingerprint density at radius 1 is 0.941 bits per heavy atom. The van der Waals surface area contributed by atoms with E-state index in [-0.39, 0.29) is 23.7 Å². The Balaban J connectivity index is 1.56. The van der Waals surface area contributed by atoms with Gasteiger partial charge in [-0.15, -0.1) is 0 Å². The highest BCUT2D eigenvalue weighted by molar-refractivity contribution is 5.81. The Labute approximate surface area is 102 Å². The molecule has 94 valence electrons. The van der Waals surface area contributed by atoms with Crippen LogP contribution in [0.25, 0.3) is 0 Å². The number of hydrogen-bond donors (Lipinski definition) is 2. The predicted molar refractivity (Wildman–Crippen MR) is 65.2 cm³/mol. The first kappa shape index (κ1) is 12.1. The molecule has 1 fully saturated rings. The maximum atomic E-state index is 11.7. The van der Waals surface area contributed by atoms with Crippen LogP contribution < -0.4 is 10.6 Å². The van der Waals surface area contributed by atoms with Crippen LogP contribution in [0.4, 0.5) is 0 Å². The fraction of sp³-hybridized carbons (Fsp3) is 0.692. The summed E-state index contributed by atoms with van der Waals surface area (Å²) >= 11 is 0. The number of nitrogens with one attached hydrogen (secondary N) is 2. The standard InChI is InChI=1S/C13H20N2O2/c16-12(10-4-2-1-3-5-10)14-8-9-15-13(17)11-6-7-11/h1-2,10-11H,3-9H2,(H,14,16)(H,15,17). The molecule has 0 aromatic rings. The zero-order valence-electron chi connectivity index (χ0n) is 10.1. The van der Waals surface area contributed by atoms with Gasteiger partial charge in [-0.05, 0) is 32.1 Å². The van der Waals surface area contributed by atoms with E-state index in [0.29, 0.717) is 13.1 Å². The molecule has 0 bridgehead atoms. The van der Waals surface area contributed by atoms with Crippen molar-refractivity contribution in [2.75, 3.05) is 13.1 Å². The molecule has 2 amide bonds. The van der Waals surface area contributed by atoms with Crippen LogP contribution in [0.3, 0.4) is 0 Å². The zero-order valence-corrected chi connectivity index (χ0v) is 10.1. The first-order chi connectivity index (χ1) is 8.27. The summed E-state index contributed by atoms with van der Waals surface area (Å²) in [6, 6.07) is 0. The van der Waals surface area contributed by atoms with Gasteiger partial charge in [-0.25, -0.2) is 0 Å². The molecule has 0 heterocycles. The molecule has 0 radical (unpaired) electrons. The van der Waals surface area contributed by atoms with Gasteiger partial charge in [0.25, 0.3) is 0 Å². The predicted octanol–water partition coefficient (Wildman–Crippen LogP) is 0.985. The largest absolute Gasteiger partial charge is 0.354 e. The lowest BCUT2D eigenvalue weighted by Crippen LogP contribution is -2.38. The smallest absolute Gasteiger partial charge is 0.223 e. The van der Waals surface area contributed by atoms with Gasteiger partial charge >= 0.3 is 0 Å². The van der Waals surface area contributed by atoms with Crippen LogP contribution in [0.5, 0.6) is 0 Å². The van der Waals surface area contributed by atoms with Gasteiger partial charge in [0, 0.05) is 24.9 Å². The lowest BCUT2D eigenvalue weighted by atomic mass is 9.94. The normalized spacial score (nSPS) is 23.2. The molecule has 2 aliphatic rings. The van der Waals surface area contributed by atoms with Gasteiger partial charge in [-0.1, -0.05) is 12.2 Å². The molecule has 2 aliphatic carbocycles. The third-order valence-electron chi connectivity index (χ3n) is 3.31. The Morgan fingerprint density at radius 2 is 1.59 bits per heavy atom. The molecule has 17 heavy (non-hydrogen) atoms. The molecule has 2 N–H and O–H groups in total. The Kier molecular flexibility index (Phi) is 4.18. The maximum absolute atomic E-state index is 11.7. The summed E-state index contributed by atoms with van der Waals surface area (Å²) < 4.78 is 0. The Bertz CT molecular complexity index is 321. The van der Waals surface area contributed by atoms with Gasteiger partial charge in [0.2, 0.25) is 11.8 Å². The molecule has 1 saturated carbocycles. The molecular weight excluding hydrogens is 216 g/mol. The summed E-state index contributed by atoms with van der Waals surface area (Å²) in [4.78, 5) is 23.1. The maximum Gasteiger partial charge on any atom is 0.223 e. The van der Waals surface area contributed by atoms with Crippen LogP contribution in [0.15, 0.2) is 12.2 Å². The number of amides is 2. The quantitative estimate of drug-likeness (QED) is 0.552. The minimum Gasteiger partial charge on any atom is -0.354 e. The van der Waals surface area contributed by atoms with Crippen molar-refractivity contribution in [2.24, 2.45) is 11.8 Å². The van der Waals surface area contributed by atoms with Crippen molar-refractivity contribution in [3.63, 3.8) is 0 Å². The van der Waals surface area contributed by atoms with Crippen molar-refractivity contribution in [2.45, 2.75) is 32.1 Å². The number of hydrogen-bond acceptors (Lipinski definition) is 2. The van der Waals surface area contributed by atoms with Gasteiger partial charge in [0.1, 0.15) is 0 Å². The summed E-state index contributed by atoms with van der Waals surface area (Å²) in [6.45, 7) is 1.08. The third kappa shape index (κ3) is 3.88. The van der Waals surface area contributed by atoms with Crippen LogP contribution >= 0.6 is 0 Å². The fourth-order valence-electron chi connectivity index (χ4n) is 2.04. The molecule has 0 aliphatic heterocycles. The second-order valence-electron chi connectivity index (χ2n) is 4.84. The summed E-state index contributed by atoms with van der Waals surface area (Å²) in [5.41, 5.74) is 0. The highest BCUT2D eigenvalue weighted by atomic mass is 16.2. The van der Waals surface area contributed by atoms with E-state index in [4.69, 9.17) is 0 Å². The average Bonchev–Trinajstić information content (AvgIpc) is 3.19. The van der Waals surface area contributed by atoms with Gasteiger partial charge < -0.3 is 10.6 Å². The molecule has 0 aromatic carbocycles. The molecule has 1 atom stereocenters. The van der Waals surface area contributed by atoms with E-state index in [9.17, 15) is 9.59 Å². The summed E-state index contributed by atoms with van der Waals surface area (Å²) in [6.07, 6.45) is 9.02. The van der Waals surface area contributed by atoms with Gasteiger partial charge in [-0.2, -0.15) is 0 Å². The topological polar surface area (TPSA) is 58.2 Å². The molecule has 4 heteroatoms. The Hall–Kier alpha value is -1.32. The molecule has 0 saturated heterocycles. The van der Waals surface area contributed by atoms with E-state index >= 15 is 0 Å². The molecule has 1 unspecified atom stereocenters. The number of carbonyl (C=O) groups excluding carboxylic acids is 2. The van der Waals surface area contributed by atoms with E-state index in [2.05, 4.69) is 22.8 Å². The number of carbonyl (C=O) groups is 2. The molecule has 0 spiro atoms.